The fraction of sp³-hybridized carbons (Fsp3) is 0.533. The summed E-state index contributed by atoms with van der Waals surface area (Å²) >= 11 is 0. The molecule has 1 aliphatic rings. The van der Waals surface area contributed by atoms with Crippen LogP contribution in [0.4, 0.5) is 0 Å². The van der Waals surface area contributed by atoms with Crippen molar-refractivity contribution in [3.63, 3.8) is 0 Å². The van der Waals surface area contributed by atoms with Crippen LogP contribution in [0.5, 0.6) is 0 Å². The second-order valence-corrected chi connectivity index (χ2v) is 5.42. The Kier molecular flexibility index (Phi) is 5.27. The molecule has 0 spiro atoms. The molecule has 6 nitrogen and oxygen atoms in total. The number of aromatic nitrogens is 1. The molecule has 1 aromatic heterocycles. The van der Waals surface area contributed by atoms with Gasteiger partial charge in [0.25, 0.3) is 0 Å². The van der Waals surface area contributed by atoms with E-state index in [1.165, 1.54) is 7.11 Å². The van der Waals surface area contributed by atoms with Crippen LogP contribution >= 0.6 is 0 Å². The van der Waals surface area contributed by atoms with Gasteiger partial charge in [-0.15, -0.1) is 0 Å². The normalized spacial score (nSPS) is 16.6. The highest BCUT2D eigenvalue weighted by Gasteiger charge is 2.20. The Labute approximate surface area is 124 Å². The van der Waals surface area contributed by atoms with Crippen LogP contribution in [0.1, 0.15) is 35.3 Å². The van der Waals surface area contributed by atoms with E-state index in [1.807, 2.05) is 6.07 Å². The minimum absolute atomic E-state index is 0.214. The number of ether oxygens (including phenoxy) is 1. The van der Waals surface area contributed by atoms with Crippen LogP contribution in [0.3, 0.4) is 0 Å². The van der Waals surface area contributed by atoms with E-state index < -0.39 is 0 Å². The summed E-state index contributed by atoms with van der Waals surface area (Å²) in [6.45, 7) is 2.64. The zero-order valence-electron chi connectivity index (χ0n) is 12.2. The van der Waals surface area contributed by atoms with Gasteiger partial charge in [0.05, 0.1) is 18.4 Å². The Bertz CT molecular complexity index is 493. The molecule has 21 heavy (non-hydrogen) atoms. The quantitative estimate of drug-likeness (QED) is 0.817. The van der Waals surface area contributed by atoms with Crippen molar-refractivity contribution in [3.05, 3.63) is 29.6 Å². The Morgan fingerprint density at radius 1 is 1.38 bits per heavy atom. The summed E-state index contributed by atoms with van der Waals surface area (Å²) in [6.07, 6.45) is 4.01. The van der Waals surface area contributed by atoms with Gasteiger partial charge < -0.3 is 10.5 Å². The number of rotatable bonds is 5. The fourth-order valence-corrected chi connectivity index (χ4v) is 2.62. The molecule has 2 N–H and O–H groups in total. The van der Waals surface area contributed by atoms with E-state index in [9.17, 15) is 9.59 Å². The number of primary amides is 1. The van der Waals surface area contributed by atoms with Crippen molar-refractivity contribution in [3.8, 4) is 0 Å². The summed E-state index contributed by atoms with van der Waals surface area (Å²) in [5.41, 5.74) is 6.62. The number of esters is 1. The topological polar surface area (TPSA) is 85.5 Å². The molecule has 114 valence electrons. The summed E-state index contributed by atoms with van der Waals surface area (Å²) < 4.78 is 4.64. The van der Waals surface area contributed by atoms with E-state index in [1.54, 1.807) is 12.3 Å². The van der Waals surface area contributed by atoms with Gasteiger partial charge in [0.1, 0.15) is 0 Å². The summed E-state index contributed by atoms with van der Waals surface area (Å²) in [5.74, 6) is -0.178. The van der Waals surface area contributed by atoms with Gasteiger partial charge in [0, 0.05) is 19.2 Å². The van der Waals surface area contributed by atoms with E-state index in [2.05, 4.69) is 14.6 Å². The third kappa shape index (κ3) is 4.53. The molecular weight excluding hydrogens is 270 g/mol. The Balaban J connectivity index is 1.83. The number of piperidine rings is 1. The molecule has 1 aromatic rings. The number of carbonyl (C=O) groups excluding carboxylic acids is 2. The molecule has 0 saturated carbocycles. The highest BCUT2D eigenvalue weighted by atomic mass is 16.5. The maximum atomic E-state index is 11.3. The first-order chi connectivity index (χ1) is 10.1. The summed E-state index contributed by atoms with van der Waals surface area (Å²) in [5, 5.41) is 0. The molecule has 0 bridgehead atoms. The molecule has 0 aromatic carbocycles. The zero-order chi connectivity index (χ0) is 15.2. The largest absolute Gasteiger partial charge is 0.465 e. The van der Waals surface area contributed by atoms with E-state index in [-0.39, 0.29) is 11.9 Å². The van der Waals surface area contributed by atoms with Crippen molar-refractivity contribution in [1.82, 2.24) is 9.88 Å². The van der Waals surface area contributed by atoms with Gasteiger partial charge >= 0.3 is 5.97 Å². The van der Waals surface area contributed by atoms with E-state index in [0.29, 0.717) is 17.9 Å². The average Bonchev–Trinajstić information content (AvgIpc) is 2.49. The molecule has 1 amide bonds. The monoisotopic (exact) mass is 291 g/mol. The van der Waals surface area contributed by atoms with Crippen LogP contribution in [0.2, 0.25) is 0 Å². The number of pyridine rings is 1. The van der Waals surface area contributed by atoms with Crippen molar-refractivity contribution in [1.29, 1.82) is 0 Å². The van der Waals surface area contributed by atoms with Crippen LogP contribution in [0.15, 0.2) is 18.3 Å². The highest BCUT2D eigenvalue weighted by molar-refractivity contribution is 5.88. The predicted molar refractivity (Wildman–Crippen MR) is 77.4 cm³/mol. The molecule has 0 aliphatic carbocycles. The van der Waals surface area contributed by atoms with Gasteiger partial charge in [-0.1, -0.05) is 0 Å². The standard InChI is InChI=1S/C15H21N3O3/c1-21-15(20)12-2-3-13(17-9-12)10-18-6-4-11(5-7-18)8-14(16)19/h2-3,9,11H,4-8,10H2,1H3,(H2,16,19). The predicted octanol–water partition coefficient (Wildman–Crippen LogP) is 0.956. The molecule has 0 radical (unpaired) electrons. The lowest BCUT2D eigenvalue weighted by Gasteiger charge is -2.31. The maximum absolute atomic E-state index is 11.3. The van der Waals surface area contributed by atoms with Gasteiger partial charge in [-0.3, -0.25) is 14.7 Å². The van der Waals surface area contributed by atoms with Gasteiger partial charge in [0.15, 0.2) is 0 Å². The zero-order valence-corrected chi connectivity index (χ0v) is 12.2. The minimum atomic E-state index is -0.374. The van der Waals surface area contributed by atoms with Gasteiger partial charge in [-0.05, 0) is 44.0 Å². The first-order valence-corrected chi connectivity index (χ1v) is 7.12. The second-order valence-electron chi connectivity index (χ2n) is 5.42. The van der Waals surface area contributed by atoms with Crippen LogP contribution < -0.4 is 5.73 Å². The molecule has 0 unspecified atom stereocenters. The van der Waals surface area contributed by atoms with Crippen LogP contribution in [0, 0.1) is 5.92 Å². The number of likely N-dealkylation sites (tertiary alicyclic amines) is 1. The molecule has 2 rings (SSSR count). The molecule has 2 heterocycles. The lowest BCUT2D eigenvalue weighted by molar-refractivity contribution is -0.119. The highest BCUT2D eigenvalue weighted by Crippen LogP contribution is 2.21. The van der Waals surface area contributed by atoms with Crippen LogP contribution in [-0.4, -0.2) is 42.0 Å². The van der Waals surface area contributed by atoms with Crippen LogP contribution in [-0.2, 0) is 16.1 Å². The Morgan fingerprint density at radius 3 is 2.62 bits per heavy atom. The van der Waals surface area contributed by atoms with E-state index in [4.69, 9.17) is 5.73 Å². The Hall–Kier alpha value is -1.95. The third-order valence-electron chi connectivity index (χ3n) is 3.83. The van der Waals surface area contributed by atoms with Crippen LogP contribution in [0.25, 0.3) is 0 Å². The summed E-state index contributed by atoms with van der Waals surface area (Å²) in [4.78, 5) is 28.8. The number of nitrogens with two attached hydrogens (primary N) is 1. The summed E-state index contributed by atoms with van der Waals surface area (Å²) in [6, 6.07) is 3.58. The third-order valence-corrected chi connectivity index (χ3v) is 3.83. The number of nitrogens with zero attached hydrogens (tertiary/aromatic N) is 2. The molecule has 1 fully saturated rings. The molecule has 1 aliphatic heterocycles. The summed E-state index contributed by atoms with van der Waals surface area (Å²) in [7, 11) is 1.35. The van der Waals surface area contributed by atoms with Crippen molar-refractivity contribution < 1.29 is 14.3 Å². The molecular formula is C15H21N3O3. The van der Waals surface area contributed by atoms with Gasteiger partial charge in [-0.2, -0.15) is 0 Å². The average molecular weight is 291 g/mol. The van der Waals surface area contributed by atoms with E-state index in [0.717, 1.165) is 38.2 Å². The first-order valence-electron chi connectivity index (χ1n) is 7.12. The van der Waals surface area contributed by atoms with E-state index >= 15 is 0 Å². The molecule has 0 atom stereocenters. The molecule has 1 saturated heterocycles. The van der Waals surface area contributed by atoms with Gasteiger partial charge in [-0.25, -0.2) is 4.79 Å². The minimum Gasteiger partial charge on any atom is -0.465 e. The second kappa shape index (κ2) is 7.17. The Morgan fingerprint density at radius 2 is 2.10 bits per heavy atom. The lowest BCUT2D eigenvalue weighted by Crippen LogP contribution is -2.34. The lowest BCUT2D eigenvalue weighted by atomic mass is 9.93. The van der Waals surface area contributed by atoms with Crippen molar-refractivity contribution in [2.24, 2.45) is 11.7 Å². The number of hydrogen-bond acceptors (Lipinski definition) is 5. The number of carbonyl (C=O) groups is 2. The van der Waals surface area contributed by atoms with Crippen molar-refractivity contribution in [2.45, 2.75) is 25.8 Å². The fourth-order valence-electron chi connectivity index (χ4n) is 2.62. The number of hydrogen-bond donors (Lipinski definition) is 1. The smallest absolute Gasteiger partial charge is 0.339 e. The maximum Gasteiger partial charge on any atom is 0.339 e. The van der Waals surface area contributed by atoms with Crippen molar-refractivity contribution >= 4 is 11.9 Å². The number of methoxy groups -OCH3 is 1. The molecule has 6 heteroatoms. The SMILES string of the molecule is COC(=O)c1ccc(CN2CCC(CC(N)=O)CC2)nc1. The van der Waals surface area contributed by atoms with Crippen molar-refractivity contribution in [2.75, 3.05) is 20.2 Å². The van der Waals surface area contributed by atoms with Gasteiger partial charge in [0.2, 0.25) is 5.91 Å². The number of amides is 1. The first kappa shape index (κ1) is 15.4.